The lowest BCUT2D eigenvalue weighted by atomic mass is 10.2. The van der Waals surface area contributed by atoms with E-state index in [0.717, 1.165) is 11.3 Å². The van der Waals surface area contributed by atoms with E-state index in [0.29, 0.717) is 23.0 Å². The summed E-state index contributed by atoms with van der Waals surface area (Å²) in [5.74, 6) is -1.39. The minimum atomic E-state index is -1.12. The highest BCUT2D eigenvalue weighted by Gasteiger charge is 2.13. The Morgan fingerprint density at radius 2 is 2.25 bits per heavy atom. The number of hydrogen-bond donors (Lipinski definition) is 2. The van der Waals surface area contributed by atoms with E-state index in [1.807, 2.05) is 29.7 Å². The number of methoxy groups -OCH3 is 1. The van der Waals surface area contributed by atoms with Gasteiger partial charge in [-0.15, -0.1) is 0 Å². The molecule has 0 spiro atoms. The van der Waals surface area contributed by atoms with E-state index in [4.69, 9.17) is 22.1 Å². The molecule has 2 aromatic rings. The van der Waals surface area contributed by atoms with Crippen molar-refractivity contribution in [2.75, 3.05) is 7.11 Å². The first-order chi connectivity index (χ1) is 11.4. The van der Waals surface area contributed by atoms with Gasteiger partial charge in [0.05, 0.1) is 31.1 Å². The molecular weight excluding hydrogens is 334 g/mol. The van der Waals surface area contributed by atoms with E-state index < -0.39 is 11.8 Å². The fourth-order valence-electron chi connectivity index (χ4n) is 1.97. The van der Waals surface area contributed by atoms with Crippen molar-refractivity contribution < 1.29 is 14.3 Å². The SMILES string of the molecule is COc1cccc(Cn2nc(C)c(/C=N/NC(=O)C(N)=O)c2Cl)c1. The zero-order chi connectivity index (χ0) is 17.7. The van der Waals surface area contributed by atoms with Crippen LogP contribution in [0.5, 0.6) is 5.75 Å². The van der Waals surface area contributed by atoms with Gasteiger partial charge in [0, 0.05) is 0 Å². The Kier molecular flexibility index (Phi) is 5.54. The molecule has 1 heterocycles. The van der Waals surface area contributed by atoms with Crippen LogP contribution in [0.2, 0.25) is 5.15 Å². The Morgan fingerprint density at radius 3 is 2.92 bits per heavy atom. The lowest BCUT2D eigenvalue weighted by Crippen LogP contribution is -2.32. The zero-order valence-electron chi connectivity index (χ0n) is 13.1. The summed E-state index contributed by atoms with van der Waals surface area (Å²) in [5, 5.41) is 8.35. The Bertz CT molecular complexity index is 800. The van der Waals surface area contributed by atoms with Crippen LogP contribution in [0, 0.1) is 6.92 Å². The summed E-state index contributed by atoms with van der Waals surface area (Å²) < 4.78 is 6.78. The molecule has 0 atom stereocenters. The van der Waals surface area contributed by atoms with Gasteiger partial charge < -0.3 is 10.5 Å². The average Bonchev–Trinajstić information content (AvgIpc) is 2.82. The summed E-state index contributed by atoms with van der Waals surface area (Å²) in [4.78, 5) is 21.7. The number of carbonyl (C=O) groups excluding carboxylic acids is 2. The van der Waals surface area contributed by atoms with Gasteiger partial charge in [0.1, 0.15) is 10.9 Å². The van der Waals surface area contributed by atoms with Gasteiger partial charge in [-0.1, -0.05) is 23.7 Å². The molecule has 24 heavy (non-hydrogen) atoms. The molecule has 0 saturated heterocycles. The summed E-state index contributed by atoms with van der Waals surface area (Å²) in [7, 11) is 1.60. The first kappa shape index (κ1) is 17.5. The van der Waals surface area contributed by atoms with Crippen LogP contribution in [-0.2, 0) is 16.1 Å². The fourth-order valence-corrected chi connectivity index (χ4v) is 2.26. The summed E-state index contributed by atoms with van der Waals surface area (Å²) in [6.45, 7) is 2.20. The number of hydrazone groups is 1. The van der Waals surface area contributed by atoms with Gasteiger partial charge in [0.2, 0.25) is 0 Å². The van der Waals surface area contributed by atoms with Gasteiger partial charge in [-0.25, -0.2) is 10.1 Å². The van der Waals surface area contributed by atoms with Gasteiger partial charge in [-0.05, 0) is 24.6 Å². The van der Waals surface area contributed by atoms with Crippen molar-refractivity contribution in [1.29, 1.82) is 0 Å². The number of primary amides is 1. The monoisotopic (exact) mass is 349 g/mol. The van der Waals surface area contributed by atoms with Crippen molar-refractivity contribution in [2.24, 2.45) is 10.8 Å². The first-order valence-electron chi connectivity index (χ1n) is 6.91. The van der Waals surface area contributed by atoms with Crippen molar-refractivity contribution in [3.05, 3.63) is 46.2 Å². The molecule has 1 aromatic carbocycles. The van der Waals surface area contributed by atoms with Crippen LogP contribution in [0.25, 0.3) is 0 Å². The number of amides is 2. The van der Waals surface area contributed by atoms with Gasteiger partial charge in [0.25, 0.3) is 0 Å². The van der Waals surface area contributed by atoms with Crippen LogP contribution < -0.4 is 15.9 Å². The zero-order valence-corrected chi connectivity index (χ0v) is 13.9. The smallest absolute Gasteiger partial charge is 0.329 e. The van der Waals surface area contributed by atoms with Crippen LogP contribution >= 0.6 is 11.6 Å². The first-order valence-corrected chi connectivity index (χ1v) is 7.29. The topological polar surface area (TPSA) is 112 Å². The molecule has 0 aliphatic carbocycles. The average molecular weight is 350 g/mol. The second-order valence-electron chi connectivity index (χ2n) is 4.86. The normalized spacial score (nSPS) is 10.8. The number of rotatable bonds is 5. The van der Waals surface area contributed by atoms with Crippen molar-refractivity contribution in [3.63, 3.8) is 0 Å². The van der Waals surface area contributed by atoms with Gasteiger partial charge in [-0.3, -0.25) is 9.59 Å². The largest absolute Gasteiger partial charge is 0.497 e. The standard InChI is InChI=1S/C15H16ClN5O3/c1-9-12(7-18-19-15(23)14(17)22)13(16)21(20-9)8-10-4-3-5-11(6-10)24-2/h3-7H,8H2,1-2H3,(H2,17,22)(H,19,23)/b18-7+. The van der Waals surface area contributed by atoms with Gasteiger partial charge in [0.15, 0.2) is 0 Å². The van der Waals surface area contributed by atoms with Crippen molar-refractivity contribution in [2.45, 2.75) is 13.5 Å². The van der Waals surface area contributed by atoms with Crippen LogP contribution in [-0.4, -0.2) is 34.9 Å². The van der Waals surface area contributed by atoms with E-state index >= 15 is 0 Å². The van der Waals surface area contributed by atoms with E-state index in [9.17, 15) is 9.59 Å². The second kappa shape index (κ2) is 7.60. The number of halogens is 1. The van der Waals surface area contributed by atoms with Crippen LogP contribution in [0.4, 0.5) is 0 Å². The summed E-state index contributed by atoms with van der Waals surface area (Å²) in [6.07, 6.45) is 1.31. The highest BCUT2D eigenvalue weighted by molar-refractivity contribution is 6.34. The maximum absolute atomic E-state index is 11.0. The van der Waals surface area contributed by atoms with E-state index in [2.05, 4.69) is 10.2 Å². The van der Waals surface area contributed by atoms with Crippen molar-refractivity contribution >= 4 is 29.6 Å². The van der Waals surface area contributed by atoms with Crippen LogP contribution in [0.15, 0.2) is 29.4 Å². The maximum Gasteiger partial charge on any atom is 0.329 e. The lowest BCUT2D eigenvalue weighted by molar-refractivity contribution is -0.137. The van der Waals surface area contributed by atoms with Crippen molar-refractivity contribution in [1.82, 2.24) is 15.2 Å². The third kappa shape index (κ3) is 4.11. The Balaban J connectivity index is 2.17. The second-order valence-corrected chi connectivity index (χ2v) is 5.22. The predicted molar refractivity (Wildman–Crippen MR) is 89.0 cm³/mol. The number of nitrogens with two attached hydrogens (primary N) is 1. The van der Waals surface area contributed by atoms with E-state index in [1.165, 1.54) is 6.21 Å². The number of hydrogen-bond acceptors (Lipinski definition) is 5. The maximum atomic E-state index is 11.0. The lowest BCUT2D eigenvalue weighted by Gasteiger charge is -2.06. The molecule has 2 rings (SSSR count). The summed E-state index contributed by atoms with van der Waals surface area (Å²) >= 11 is 6.30. The number of carbonyl (C=O) groups is 2. The van der Waals surface area contributed by atoms with E-state index in [1.54, 1.807) is 18.7 Å². The molecular formula is C15H16ClN5O3. The molecule has 9 heteroatoms. The third-order valence-electron chi connectivity index (χ3n) is 3.16. The Labute approximate surface area is 143 Å². The molecule has 126 valence electrons. The van der Waals surface area contributed by atoms with Gasteiger partial charge in [-0.2, -0.15) is 10.2 Å². The predicted octanol–water partition coefficient (Wildman–Crippen LogP) is 0.837. The molecule has 0 aliphatic heterocycles. The van der Waals surface area contributed by atoms with Crippen molar-refractivity contribution in [3.8, 4) is 5.75 Å². The molecule has 0 unspecified atom stereocenters. The van der Waals surface area contributed by atoms with E-state index in [-0.39, 0.29) is 0 Å². The highest BCUT2D eigenvalue weighted by Crippen LogP contribution is 2.20. The molecule has 2 amide bonds. The minimum absolute atomic E-state index is 0.354. The molecule has 0 radical (unpaired) electrons. The Morgan fingerprint density at radius 1 is 1.50 bits per heavy atom. The molecule has 0 aliphatic rings. The molecule has 0 bridgehead atoms. The number of aryl methyl sites for hydroxylation is 1. The molecule has 8 nitrogen and oxygen atoms in total. The summed E-state index contributed by atoms with van der Waals surface area (Å²) in [6, 6.07) is 7.53. The molecule has 0 saturated carbocycles. The number of benzene rings is 1. The minimum Gasteiger partial charge on any atom is -0.497 e. The molecule has 0 fully saturated rings. The summed E-state index contributed by atoms with van der Waals surface area (Å²) in [5.41, 5.74) is 8.93. The quantitative estimate of drug-likeness (QED) is 0.473. The van der Waals surface area contributed by atoms with Gasteiger partial charge >= 0.3 is 11.8 Å². The van der Waals surface area contributed by atoms with Crippen LogP contribution in [0.1, 0.15) is 16.8 Å². The third-order valence-corrected chi connectivity index (χ3v) is 3.56. The fraction of sp³-hybridized carbons (Fsp3) is 0.200. The highest BCUT2D eigenvalue weighted by atomic mass is 35.5. The van der Waals surface area contributed by atoms with Crippen LogP contribution in [0.3, 0.4) is 0 Å². The number of nitrogens with one attached hydrogen (secondary N) is 1. The number of aromatic nitrogens is 2. The number of ether oxygens (including phenoxy) is 1. The molecule has 3 N–H and O–H groups in total. The molecule has 1 aromatic heterocycles. The Hall–Kier alpha value is -2.87. The number of nitrogens with zero attached hydrogens (tertiary/aromatic N) is 3.